The van der Waals surface area contributed by atoms with Gasteiger partial charge in [0.15, 0.2) is 0 Å². The zero-order valence-corrected chi connectivity index (χ0v) is 12.6. The van der Waals surface area contributed by atoms with Crippen LogP contribution in [0.25, 0.3) is 0 Å². The highest BCUT2D eigenvalue weighted by molar-refractivity contribution is 9.10. The maximum Gasteiger partial charge on any atom is 0.337 e. The van der Waals surface area contributed by atoms with Crippen LogP contribution in [0.2, 0.25) is 0 Å². The Morgan fingerprint density at radius 3 is 2.43 bits per heavy atom. The number of hydrogen-bond donors (Lipinski definition) is 3. The molecule has 0 aliphatic carbocycles. The summed E-state index contributed by atoms with van der Waals surface area (Å²) in [6, 6.07) is 8.97. The highest BCUT2D eigenvalue weighted by Gasteiger charge is 2.16. The van der Waals surface area contributed by atoms with Gasteiger partial charge in [-0.2, -0.15) is 0 Å². The lowest BCUT2D eigenvalue weighted by Gasteiger charge is -2.10. The number of aromatic hydroxyl groups is 1. The second kappa shape index (κ2) is 5.97. The van der Waals surface area contributed by atoms with E-state index in [0.717, 1.165) is 11.6 Å². The Kier molecular flexibility index (Phi) is 4.28. The van der Waals surface area contributed by atoms with Gasteiger partial charge >= 0.3 is 5.97 Å². The van der Waals surface area contributed by atoms with Crippen LogP contribution in [0.5, 0.6) is 5.75 Å². The van der Waals surface area contributed by atoms with Gasteiger partial charge in [0.05, 0.1) is 16.8 Å². The summed E-state index contributed by atoms with van der Waals surface area (Å²) in [6.07, 6.45) is 0. The quantitative estimate of drug-likeness (QED) is 0.741. The molecule has 1 amide bonds. The van der Waals surface area contributed by atoms with Crippen LogP contribution < -0.4 is 5.32 Å². The lowest BCUT2D eigenvalue weighted by atomic mass is 10.1. The van der Waals surface area contributed by atoms with Crippen molar-refractivity contribution in [2.45, 2.75) is 6.92 Å². The lowest BCUT2D eigenvalue weighted by molar-refractivity contribution is 0.0697. The largest absolute Gasteiger partial charge is 0.508 e. The molecule has 3 N–H and O–H groups in total. The molecule has 0 aliphatic heterocycles. The van der Waals surface area contributed by atoms with Crippen LogP contribution in [-0.4, -0.2) is 22.1 Å². The van der Waals surface area contributed by atoms with E-state index in [1.165, 1.54) is 12.1 Å². The summed E-state index contributed by atoms with van der Waals surface area (Å²) in [5, 5.41) is 21.0. The van der Waals surface area contributed by atoms with E-state index >= 15 is 0 Å². The molecule has 2 aromatic carbocycles. The standard InChI is InChI=1S/C15H12BrNO4/c1-8-2-4-10(12(16)6-8)14(19)17-13-5-3-9(18)7-11(13)15(20)21/h2-7,18H,1H3,(H,17,19)(H,20,21). The second-order valence-electron chi connectivity index (χ2n) is 4.47. The number of aromatic carboxylic acids is 1. The molecule has 0 spiro atoms. The topological polar surface area (TPSA) is 86.6 Å². The van der Waals surface area contributed by atoms with Crippen LogP contribution in [0.3, 0.4) is 0 Å². The summed E-state index contributed by atoms with van der Waals surface area (Å²) in [5.41, 5.74) is 1.34. The van der Waals surface area contributed by atoms with Gasteiger partial charge in [-0.1, -0.05) is 6.07 Å². The Labute approximate surface area is 129 Å². The SMILES string of the molecule is Cc1ccc(C(=O)Nc2ccc(O)cc2C(=O)O)c(Br)c1. The maximum atomic E-state index is 12.2. The number of aryl methyl sites for hydroxylation is 1. The minimum atomic E-state index is -1.23. The average molecular weight is 350 g/mol. The van der Waals surface area contributed by atoms with Crippen LogP contribution in [0.1, 0.15) is 26.3 Å². The summed E-state index contributed by atoms with van der Waals surface area (Å²) < 4.78 is 0.621. The molecule has 2 rings (SSSR count). The Bertz CT molecular complexity index is 728. The Hall–Kier alpha value is -2.34. The van der Waals surface area contributed by atoms with E-state index in [2.05, 4.69) is 21.2 Å². The third-order valence-corrected chi connectivity index (χ3v) is 3.51. The van der Waals surface area contributed by atoms with Gasteiger partial charge < -0.3 is 15.5 Å². The second-order valence-corrected chi connectivity index (χ2v) is 5.33. The summed E-state index contributed by atoms with van der Waals surface area (Å²) in [7, 11) is 0. The number of hydrogen-bond acceptors (Lipinski definition) is 3. The molecule has 0 atom stereocenters. The van der Waals surface area contributed by atoms with E-state index in [9.17, 15) is 14.7 Å². The monoisotopic (exact) mass is 349 g/mol. The minimum absolute atomic E-state index is 0.123. The van der Waals surface area contributed by atoms with Gasteiger partial charge in [0.2, 0.25) is 0 Å². The number of rotatable bonds is 3. The molecule has 0 fully saturated rings. The fourth-order valence-corrected chi connectivity index (χ4v) is 2.49. The van der Waals surface area contributed by atoms with Crippen molar-refractivity contribution in [1.82, 2.24) is 0 Å². The van der Waals surface area contributed by atoms with Gasteiger partial charge in [-0.3, -0.25) is 4.79 Å². The van der Waals surface area contributed by atoms with Crippen LogP contribution >= 0.6 is 15.9 Å². The van der Waals surface area contributed by atoms with Gasteiger partial charge in [-0.05, 0) is 58.7 Å². The van der Waals surface area contributed by atoms with Crippen LogP contribution in [0, 0.1) is 6.92 Å². The first kappa shape index (κ1) is 15.1. The molecule has 2 aromatic rings. The van der Waals surface area contributed by atoms with E-state index in [4.69, 9.17) is 5.11 Å². The summed E-state index contributed by atoms with van der Waals surface area (Å²) in [4.78, 5) is 23.3. The van der Waals surface area contributed by atoms with Gasteiger partial charge in [-0.25, -0.2) is 4.79 Å². The Morgan fingerprint density at radius 1 is 1.10 bits per heavy atom. The number of carboxylic acids is 1. The van der Waals surface area contributed by atoms with Crippen molar-refractivity contribution in [2.75, 3.05) is 5.32 Å². The van der Waals surface area contributed by atoms with Crippen molar-refractivity contribution in [2.24, 2.45) is 0 Å². The van der Waals surface area contributed by atoms with E-state index in [1.807, 2.05) is 6.92 Å². The van der Waals surface area contributed by atoms with Crippen LogP contribution in [0.4, 0.5) is 5.69 Å². The number of phenolic OH excluding ortho intramolecular Hbond substituents is 1. The summed E-state index contributed by atoms with van der Waals surface area (Å²) in [6.45, 7) is 1.90. The normalized spacial score (nSPS) is 10.2. The number of carbonyl (C=O) groups excluding carboxylic acids is 1. The van der Waals surface area contributed by atoms with E-state index in [1.54, 1.807) is 18.2 Å². The third-order valence-electron chi connectivity index (χ3n) is 2.85. The number of carboxylic acid groups (broad SMARTS) is 1. The van der Waals surface area contributed by atoms with Crippen molar-refractivity contribution in [3.63, 3.8) is 0 Å². The Morgan fingerprint density at radius 2 is 1.81 bits per heavy atom. The number of anilines is 1. The lowest BCUT2D eigenvalue weighted by Crippen LogP contribution is -2.15. The molecule has 21 heavy (non-hydrogen) atoms. The number of nitrogens with one attached hydrogen (secondary N) is 1. The predicted molar refractivity (Wildman–Crippen MR) is 81.9 cm³/mol. The van der Waals surface area contributed by atoms with Gasteiger partial charge in [0.1, 0.15) is 5.75 Å². The molecule has 108 valence electrons. The number of benzene rings is 2. The zero-order valence-electron chi connectivity index (χ0n) is 11.1. The van der Waals surface area contributed by atoms with Gasteiger partial charge in [0.25, 0.3) is 5.91 Å². The molecule has 0 aliphatic rings. The molecule has 0 radical (unpaired) electrons. The first-order valence-corrected chi connectivity index (χ1v) is 6.81. The molecule has 6 heteroatoms. The summed E-state index contributed by atoms with van der Waals surface area (Å²) >= 11 is 3.30. The van der Waals surface area contributed by atoms with E-state index in [0.29, 0.717) is 10.0 Å². The molecule has 5 nitrogen and oxygen atoms in total. The minimum Gasteiger partial charge on any atom is -0.508 e. The highest BCUT2D eigenvalue weighted by Crippen LogP contribution is 2.24. The van der Waals surface area contributed by atoms with Gasteiger partial charge in [0, 0.05) is 4.47 Å². The fourth-order valence-electron chi connectivity index (χ4n) is 1.81. The van der Waals surface area contributed by atoms with E-state index < -0.39 is 11.9 Å². The van der Waals surface area contributed by atoms with Crippen molar-refractivity contribution in [3.05, 3.63) is 57.6 Å². The first-order valence-electron chi connectivity index (χ1n) is 6.02. The number of amides is 1. The number of phenols is 1. The molecule has 0 heterocycles. The molecule has 0 aromatic heterocycles. The zero-order chi connectivity index (χ0) is 15.6. The van der Waals surface area contributed by atoms with Crippen LogP contribution in [0.15, 0.2) is 40.9 Å². The van der Waals surface area contributed by atoms with Crippen molar-refractivity contribution < 1.29 is 19.8 Å². The van der Waals surface area contributed by atoms with Crippen LogP contribution in [-0.2, 0) is 0 Å². The Balaban J connectivity index is 2.34. The number of halogens is 1. The third kappa shape index (κ3) is 3.41. The molecule has 0 unspecified atom stereocenters. The molecular formula is C15H12BrNO4. The average Bonchev–Trinajstić information content (AvgIpc) is 2.40. The van der Waals surface area contributed by atoms with Gasteiger partial charge in [-0.15, -0.1) is 0 Å². The molecule has 0 saturated heterocycles. The fraction of sp³-hybridized carbons (Fsp3) is 0.0667. The van der Waals surface area contributed by atoms with Crippen molar-refractivity contribution in [1.29, 1.82) is 0 Å². The van der Waals surface area contributed by atoms with Crippen molar-refractivity contribution >= 4 is 33.5 Å². The van der Waals surface area contributed by atoms with E-state index in [-0.39, 0.29) is 17.0 Å². The smallest absolute Gasteiger partial charge is 0.337 e. The maximum absolute atomic E-state index is 12.2. The number of carbonyl (C=O) groups is 2. The molecule has 0 bridgehead atoms. The highest BCUT2D eigenvalue weighted by atomic mass is 79.9. The predicted octanol–water partition coefficient (Wildman–Crippen LogP) is 3.41. The molecule has 0 saturated carbocycles. The van der Waals surface area contributed by atoms with Crippen molar-refractivity contribution in [3.8, 4) is 5.75 Å². The molecular weight excluding hydrogens is 338 g/mol. The summed E-state index contributed by atoms with van der Waals surface area (Å²) in [5.74, 6) is -1.85. The first-order chi connectivity index (χ1) is 9.88.